The molecule has 2 N–H and O–H groups in total. The Morgan fingerprint density at radius 1 is 1.16 bits per heavy atom. The Morgan fingerprint density at radius 2 is 1.74 bits per heavy atom. The Labute approximate surface area is 115 Å². The second kappa shape index (κ2) is 6.03. The van der Waals surface area contributed by atoms with E-state index >= 15 is 0 Å². The van der Waals surface area contributed by atoms with Crippen LogP contribution in [0.2, 0.25) is 0 Å². The summed E-state index contributed by atoms with van der Waals surface area (Å²) in [4.78, 5) is 0.381. The van der Waals surface area contributed by atoms with Crippen LogP contribution in [0.15, 0.2) is 35.2 Å². The number of nitrogens with zero attached hydrogens (tertiary/aromatic N) is 1. The van der Waals surface area contributed by atoms with Crippen molar-refractivity contribution in [2.45, 2.75) is 49.6 Å². The molecule has 0 aliphatic heterocycles. The minimum Gasteiger partial charge on any atom is -0.328 e. The van der Waals surface area contributed by atoms with Gasteiger partial charge in [0.05, 0.1) is 4.90 Å². The van der Waals surface area contributed by atoms with Crippen LogP contribution in [0.1, 0.15) is 32.6 Å². The van der Waals surface area contributed by atoms with Crippen LogP contribution in [0.25, 0.3) is 0 Å². The van der Waals surface area contributed by atoms with Gasteiger partial charge in [0.25, 0.3) is 0 Å². The molecule has 0 aromatic heterocycles. The highest BCUT2D eigenvalue weighted by Gasteiger charge is 2.32. The van der Waals surface area contributed by atoms with E-state index in [4.69, 9.17) is 5.73 Å². The zero-order chi connectivity index (χ0) is 13.9. The fraction of sp³-hybridized carbons (Fsp3) is 0.571. The van der Waals surface area contributed by atoms with Crippen LogP contribution in [0.3, 0.4) is 0 Å². The average molecular weight is 282 g/mol. The molecule has 0 heterocycles. The molecule has 0 unspecified atom stereocenters. The van der Waals surface area contributed by atoms with E-state index in [1.165, 1.54) is 0 Å². The molecule has 0 spiro atoms. The first-order valence-corrected chi connectivity index (χ1v) is 8.32. The lowest BCUT2D eigenvalue weighted by Gasteiger charge is -2.34. The highest BCUT2D eigenvalue weighted by molar-refractivity contribution is 7.89. The Kier molecular flexibility index (Phi) is 4.60. The first-order chi connectivity index (χ1) is 9.05. The van der Waals surface area contributed by atoms with Gasteiger partial charge in [-0.1, -0.05) is 25.1 Å². The summed E-state index contributed by atoms with van der Waals surface area (Å²) in [6.07, 6.45) is 3.54. The van der Waals surface area contributed by atoms with Gasteiger partial charge in [-0.2, -0.15) is 4.31 Å². The number of hydrogen-bond acceptors (Lipinski definition) is 3. The molecular formula is C14H22N2O2S. The Balaban J connectivity index is 2.22. The van der Waals surface area contributed by atoms with Crippen LogP contribution in [-0.2, 0) is 10.0 Å². The Morgan fingerprint density at radius 3 is 2.26 bits per heavy atom. The SMILES string of the molecule is CCN(C1CCC(N)CC1)S(=O)(=O)c1ccccc1. The monoisotopic (exact) mass is 282 g/mol. The van der Waals surface area contributed by atoms with Gasteiger partial charge in [-0.05, 0) is 37.8 Å². The van der Waals surface area contributed by atoms with E-state index in [1.807, 2.05) is 13.0 Å². The van der Waals surface area contributed by atoms with Crippen molar-refractivity contribution in [1.82, 2.24) is 4.31 Å². The summed E-state index contributed by atoms with van der Waals surface area (Å²) in [5.74, 6) is 0. The molecule has 1 aromatic rings. The molecule has 1 aliphatic carbocycles. The van der Waals surface area contributed by atoms with Gasteiger partial charge in [0, 0.05) is 18.6 Å². The zero-order valence-corrected chi connectivity index (χ0v) is 12.1. The third kappa shape index (κ3) is 3.16. The van der Waals surface area contributed by atoms with Gasteiger partial charge < -0.3 is 5.73 Å². The predicted molar refractivity (Wildman–Crippen MR) is 76.2 cm³/mol. The quantitative estimate of drug-likeness (QED) is 0.918. The first-order valence-electron chi connectivity index (χ1n) is 6.88. The van der Waals surface area contributed by atoms with Crippen molar-refractivity contribution in [3.8, 4) is 0 Å². The standard InChI is InChI=1S/C14H22N2O2S/c1-2-16(13-10-8-12(15)9-11-13)19(17,18)14-6-4-3-5-7-14/h3-7,12-13H,2,8-11,15H2,1H3. The summed E-state index contributed by atoms with van der Waals surface area (Å²) in [6, 6.07) is 8.99. The lowest BCUT2D eigenvalue weighted by Crippen LogP contribution is -2.44. The number of benzene rings is 1. The molecule has 2 rings (SSSR count). The predicted octanol–water partition coefficient (Wildman–Crippen LogP) is 1.97. The minimum atomic E-state index is -3.38. The molecule has 1 aromatic carbocycles. The second-order valence-electron chi connectivity index (χ2n) is 5.09. The summed E-state index contributed by atoms with van der Waals surface area (Å²) in [5.41, 5.74) is 5.89. The van der Waals surface area contributed by atoms with Gasteiger partial charge in [-0.3, -0.25) is 0 Å². The zero-order valence-electron chi connectivity index (χ0n) is 11.3. The lowest BCUT2D eigenvalue weighted by molar-refractivity contribution is 0.247. The largest absolute Gasteiger partial charge is 0.328 e. The number of rotatable bonds is 4. The maximum Gasteiger partial charge on any atom is 0.243 e. The van der Waals surface area contributed by atoms with E-state index in [-0.39, 0.29) is 12.1 Å². The van der Waals surface area contributed by atoms with Gasteiger partial charge in [-0.25, -0.2) is 8.42 Å². The second-order valence-corrected chi connectivity index (χ2v) is 6.98. The summed E-state index contributed by atoms with van der Waals surface area (Å²) in [6.45, 7) is 2.41. The van der Waals surface area contributed by atoms with Crippen molar-refractivity contribution < 1.29 is 8.42 Å². The van der Waals surface area contributed by atoms with E-state index < -0.39 is 10.0 Å². The van der Waals surface area contributed by atoms with Crippen LogP contribution in [0, 0.1) is 0 Å². The highest BCUT2D eigenvalue weighted by atomic mass is 32.2. The number of sulfonamides is 1. The number of nitrogens with two attached hydrogens (primary N) is 1. The molecule has 106 valence electrons. The van der Waals surface area contributed by atoms with E-state index in [9.17, 15) is 8.42 Å². The number of hydrogen-bond donors (Lipinski definition) is 1. The maximum atomic E-state index is 12.6. The van der Waals surface area contributed by atoms with Crippen molar-refractivity contribution in [3.05, 3.63) is 30.3 Å². The van der Waals surface area contributed by atoms with E-state index in [1.54, 1.807) is 28.6 Å². The van der Waals surface area contributed by atoms with E-state index in [0.29, 0.717) is 11.4 Å². The molecule has 0 saturated heterocycles. The third-order valence-corrected chi connectivity index (χ3v) is 5.85. The van der Waals surface area contributed by atoms with Crippen LogP contribution >= 0.6 is 0 Å². The van der Waals surface area contributed by atoms with Crippen molar-refractivity contribution in [2.75, 3.05) is 6.54 Å². The lowest BCUT2D eigenvalue weighted by atomic mass is 9.92. The van der Waals surface area contributed by atoms with Gasteiger partial charge in [0.1, 0.15) is 0 Å². The topological polar surface area (TPSA) is 63.4 Å². The highest BCUT2D eigenvalue weighted by Crippen LogP contribution is 2.27. The molecule has 1 aliphatic rings. The molecule has 0 atom stereocenters. The van der Waals surface area contributed by atoms with Crippen LogP contribution in [0.4, 0.5) is 0 Å². The molecule has 0 bridgehead atoms. The molecule has 1 saturated carbocycles. The van der Waals surface area contributed by atoms with Crippen LogP contribution in [0.5, 0.6) is 0 Å². The molecule has 1 fully saturated rings. The molecule has 19 heavy (non-hydrogen) atoms. The van der Waals surface area contributed by atoms with Gasteiger partial charge in [-0.15, -0.1) is 0 Å². The first kappa shape index (κ1) is 14.5. The fourth-order valence-electron chi connectivity index (χ4n) is 2.74. The molecule has 5 heteroatoms. The fourth-order valence-corrected chi connectivity index (χ4v) is 4.46. The van der Waals surface area contributed by atoms with Crippen LogP contribution < -0.4 is 5.73 Å². The summed E-state index contributed by atoms with van der Waals surface area (Å²) < 4.78 is 26.9. The average Bonchev–Trinajstić information content (AvgIpc) is 2.42. The van der Waals surface area contributed by atoms with Gasteiger partial charge in [0.15, 0.2) is 0 Å². The van der Waals surface area contributed by atoms with Gasteiger partial charge >= 0.3 is 0 Å². The van der Waals surface area contributed by atoms with E-state index in [2.05, 4.69) is 0 Å². The van der Waals surface area contributed by atoms with E-state index in [0.717, 1.165) is 25.7 Å². The van der Waals surface area contributed by atoms with Crippen molar-refractivity contribution >= 4 is 10.0 Å². The van der Waals surface area contributed by atoms with Crippen LogP contribution in [-0.4, -0.2) is 31.4 Å². The normalized spacial score (nSPS) is 24.6. The Bertz CT molecular complexity index is 493. The summed E-state index contributed by atoms with van der Waals surface area (Å²) in [5, 5.41) is 0. The summed E-state index contributed by atoms with van der Waals surface area (Å²) >= 11 is 0. The molecule has 0 amide bonds. The minimum absolute atomic E-state index is 0.0926. The Hall–Kier alpha value is -0.910. The molecule has 0 radical (unpaired) electrons. The molecular weight excluding hydrogens is 260 g/mol. The smallest absolute Gasteiger partial charge is 0.243 e. The van der Waals surface area contributed by atoms with Gasteiger partial charge in [0.2, 0.25) is 10.0 Å². The van der Waals surface area contributed by atoms with Crippen molar-refractivity contribution in [3.63, 3.8) is 0 Å². The van der Waals surface area contributed by atoms with Crippen molar-refractivity contribution in [2.24, 2.45) is 5.73 Å². The third-order valence-electron chi connectivity index (χ3n) is 3.81. The van der Waals surface area contributed by atoms with Crippen molar-refractivity contribution in [1.29, 1.82) is 0 Å². The maximum absolute atomic E-state index is 12.6. The molecule has 4 nitrogen and oxygen atoms in total. The summed E-state index contributed by atoms with van der Waals surface area (Å²) in [7, 11) is -3.38.